The number of hydrogen-bond acceptors (Lipinski definition) is 2. The van der Waals surface area contributed by atoms with Gasteiger partial charge in [0.15, 0.2) is 0 Å². The van der Waals surface area contributed by atoms with Gasteiger partial charge in [-0.25, -0.2) is 0 Å². The van der Waals surface area contributed by atoms with Crippen LogP contribution in [0.25, 0.3) is 11.1 Å². The number of rotatable bonds is 5. The quantitative estimate of drug-likeness (QED) is 0.907. The monoisotopic (exact) mass is 272 g/mol. The van der Waals surface area contributed by atoms with Gasteiger partial charge in [0, 0.05) is 11.8 Å². The third-order valence-electron chi connectivity index (χ3n) is 3.68. The second kappa shape index (κ2) is 5.90. The molecule has 1 atom stereocenters. The summed E-state index contributed by atoms with van der Waals surface area (Å²) in [5.74, 6) is 0.186. The van der Waals surface area contributed by atoms with E-state index in [0.29, 0.717) is 11.8 Å². The van der Waals surface area contributed by atoms with Crippen molar-refractivity contribution in [2.24, 2.45) is 5.92 Å². The van der Waals surface area contributed by atoms with Crippen molar-refractivity contribution in [3.8, 4) is 11.1 Å². The predicted octanol–water partition coefficient (Wildman–Crippen LogP) is 3.39. The third kappa shape index (κ3) is 3.26. The molecule has 1 unspecified atom stereocenters. The molecule has 1 heterocycles. The fourth-order valence-corrected chi connectivity index (χ4v) is 2.12. The molecule has 0 amide bonds. The van der Waals surface area contributed by atoms with Crippen LogP contribution < -0.4 is 0 Å². The molecular formula is C16H20N2O2. The lowest BCUT2D eigenvalue weighted by Crippen LogP contribution is -2.08. The zero-order valence-electron chi connectivity index (χ0n) is 12.1. The zero-order valence-corrected chi connectivity index (χ0v) is 12.1. The van der Waals surface area contributed by atoms with Gasteiger partial charge in [0.25, 0.3) is 0 Å². The van der Waals surface area contributed by atoms with Gasteiger partial charge in [-0.05, 0) is 23.0 Å². The van der Waals surface area contributed by atoms with E-state index >= 15 is 0 Å². The fourth-order valence-electron chi connectivity index (χ4n) is 2.12. The molecule has 1 aromatic heterocycles. The summed E-state index contributed by atoms with van der Waals surface area (Å²) in [5, 5.41) is 12.8. The third-order valence-corrected chi connectivity index (χ3v) is 3.68. The molecule has 2 rings (SSSR count). The van der Waals surface area contributed by atoms with E-state index in [4.69, 9.17) is 5.11 Å². The molecule has 0 aliphatic heterocycles. The summed E-state index contributed by atoms with van der Waals surface area (Å²) in [6, 6.07) is 8.36. The van der Waals surface area contributed by atoms with Crippen LogP contribution in [0.4, 0.5) is 0 Å². The van der Waals surface area contributed by atoms with Crippen molar-refractivity contribution >= 4 is 5.97 Å². The van der Waals surface area contributed by atoms with Crippen molar-refractivity contribution in [3.63, 3.8) is 0 Å². The first-order chi connectivity index (χ1) is 9.47. The second-order valence-corrected chi connectivity index (χ2v) is 5.48. The molecule has 2 aromatic rings. The maximum Gasteiger partial charge on any atom is 0.325 e. The maximum atomic E-state index is 10.7. The Morgan fingerprint density at radius 3 is 2.70 bits per heavy atom. The number of carbonyl (C=O) groups is 1. The van der Waals surface area contributed by atoms with Gasteiger partial charge in [0.1, 0.15) is 6.54 Å². The van der Waals surface area contributed by atoms with Crippen molar-refractivity contribution in [1.82, 2.24) is 9.78 Å². The Kier molecular flexibility index (Phi) is 4.23. The average molecular weight is 272 g/mol. The van der Waals surface area contributed by atoms with Crippen LogP contribution in [0.15, 0.2) is 36.7 Å². The molecular weight excluding hydrogens is 252 g/mol. The highest BCUT2D eigenvalue weighted by atomic mass is 16.4. The van der Waals surface area contributed by atoms with Gasteiger partial charge < -0.3 is 5.11 Å². The molecule has 1 aromatic carbocycles. The van der Waals surface area contributed by atoms with Crippen molar-refractivity contribution in [1.29, 1.82) is 0 Å². The number of nitrogens with zero attached hydrogens (tertiary/aromatic N) is 2. The van der Waals surface area contributed by atoms with Crippen molar-refractivity contribution in [2.45, 2.75) is 33.2 Å². The molecule has 20 heavy (non-hydrogen) atoms. The van der Waals surface area contributed by atoms with Gasteiger partial charge in [0.2, 0.25) is 0 Å². The second-order valence-electron chi connectivity index (χ2n) is 5.48. The number of carboxylic acids is 1. The first-order valence-electron chi connectivity index (χ1n) is 6.82. The van der Waals surface area contributed by atoms with Gasteiger partial charge in [0.05, 0.1) is 6.20 Å². The molecule has 4 nitrogen and oxygen atoms in total. The normalized spacial score (nSPS) is 12.6. The molecule has 0 saturated carbocycles. The first-order valence-corrected chi connectivity index (χ1v) is 6.82. The minimum absolute atomic E-state index is 0.109. The molecule has 0 saturated heterocycles. The molecule has 0 aliphatic rings. The molecule has 1 N–H and O–H groups in total. The van der Waals surface area contributed by atoms with E-state index in [2.05, 4.69) is 38.0 Å². The summed E-state index contributed by atoms with van der Waals surface area (Å²) >= 11 is 0. The van der Waals surface area contributed by atoms with E-state index in [0.717, 1.165) is 11.1 Å². The predicted molar refractivity (Wildman–Crippen MR) is 78.6 cm³/mol. The highest BCUT2D eigenvalue weighted by Gasteiger charge is 2.11. The highest BCUT2D eigenvalue weighted by molar-refractivity contribution is 5.67. The van der Waals surface area contributed by atoms with Crippen LogP contribution in [-0.4, -0.2) is 20.9 Å². The van der Waals surface area contributed by atoms with Gasteiger partial charge >= 0.3 is 5.97 Å². The van der Waals surface area contributed by atoms with E-state index < -0.39 is 5.97 Å². The molecule has 0 radical (unpaired) electrons. The summed E-state index contributed by atoms with van der Waals surface area (Å²) in [6.07, 6.45) is 3.48. The minimum atomic E-state index is -0.887. The van der Waals surface area contributed by atoms with E-state index in [-0.39, 0.29) is 6.54 Å². The van der Waals surface area contributed by atoms with Gasteiger partial charge in [-0.2, -0.15) is 5.10 Å². The van der Waals surface area contributed by atoms with E-state index in [1.165, 1.54) is 10.2 Å². The Balaban J connectivity index is 2.26. The highest BCUT2D eigenvalue weighted by Crippen LogP contribution is 2.27. The number of carboxylic acid groups (broad SMARTS) is 1. The van der Waals surface area contributed by atoms with E-state index in [1.54, 1.807) is 12.4 Å². The van der Waals surface area contributed by atoms with Gasteiger partial charge in [-0.15, -0.1) is 0 Å². The van der Waals surface area contributed by atoms with Crippen LogP contribution in [0.5, 0.6) is 0 Å². The SMILES string of the molecule is CC(C)C(C)c1cccc(-c2cnn(CC(=O)O)c2)c1. The van der Waals surface area contributed by atoms with Crippen molar-refractivity contribution in [3.05, 3.63) is 42.2 Å². The molecule has 0 bridgehead atoms. The Bertz CT molecular complexity index is 602. The van der Waals surface area contributed by atoms with E-state index in [9.17, 15) is 4.79 Å². The Hall–Kier alpha value is -2.10. The lowest BCUT2D eigenvalue weighted by Gasteiger charge is -2.16. The Labute approximate surface area is 119 Å². The summed E-state index contributed by atoms with van der Waals surface area (Å²) < 4.78 is 1.44. The topological polar surface area (TPSA) is 55.1 Å². The smallest absolute Gasteiger partial charge is 0.325 e. The van der Waals surface area contributed by atoms with E-state index in [1.807, 2.05) is 12.1 Å². The molecule has 106 valence electrons. The van der Waals surface area contributed by atoms with Crippen LogP contribution in [0, 0.1) is 5.92 Å². The minimum Gasteiger partial charge on any atom is -0.480 e. The lowest BCUT2D eigenvalue weighted by atomic mass is 9.89. The summed E-state index contributed by atoms with van der Waals surface area (Å²) in [7, 11) is 0. The number of hydrogen-bond donors (Lipinski definition) is 1. The largest absolute Gasteiger partial charge is 0.480 e. The first kappa shape index (κ1) is 14.3. The van der Waals surface area contributed by atoms with Gasteiger partial charge in [-0.3, -0.25) is 9.48 Å². The van der Waals surface area contributed by atoms with Crippen molar-refractivity contribution < 1.29 is 9.90 Å². The summed E-state index contributed by atoms with van der Waals surface area (Å²) in [5.41, 5.74) is 3.32. The zero-order chi connectivity index (χ0) is 14.7. The van der Waals surface area contributed by atoms with Crippen LogP contribution >= 0.6 is 0 Å². The fraction of sp³-hybridized carbons (Fsp3) is 0.375. The maximum absolute atomic E-state index is 10.7. The molecule has 0 spiro atoms. The Morgan fingerprint density at radius 2 is 2.05 bits per heavy atom. The van der Waals surface area contributed by atoms with Crippen LogP contribution in [0.3, 0.4) is 0 Å². The standard InChI is InChI=1S/C16H20N2O2/c1-11(2)12(3)13-5-4-6-14(7-13)15-8-17-18(9-15)10-16(19)20/h4-9,11-12H,10H2,1-3H3,(H,19,20). The van der Waals surface area contributed by atoms with Crippen molar-refractivity contribution in [2.75, 3.05) is 0 Å². The summed E-state index contributed by atoms with van der Waals surface area (Å²) in [6.45, 7) is 6.53. The number of aliphatic carboxylic acids is 1. The van der Waals surface area contributed by atoms with Crippen LogP contribution in [0.2, 0.25) is 0 Å². The number of aromatic nitrogens is 2. The molecule has 0 aliphatic carbocycles. The number of benzene rings is 1. The van der Waals surface area contributed by atoms with Crippen LogP contribution in [0.1, 0.15) is 32.3 Å². The molecule has 0 fully saturated rings. The molecule has 4 heteroatoms. The summed E-state index contributed by atoms with van der Waals surface area (Å²) in [4.78, 5) is 10.7. The Morgan fingerprint density at radius 1 is 1.30 bits per heavy atom. The average Bonchev–Trinajstić information content (AvgIpc) is 2.85. The lowest BCUT2D eigenvalue weighted by molar-refractivity contribution is -0.137. The van der Waals surface area contributed by atoms with Crippen LogP contribution in [-0.2, 0) is 11.3 Å². The van der Waals surface area contributed by atoms with Gasteiger partial charge in [-0.1, -0.05) is 45.0 Å².